The van der Waals surface area contributed by atoms with Crippen LogP contribution < -0.4 is 5.32 Å². The number of hydrogen-bond acceptors (Lipinski definition) is 4. The molecule has 0 atom stereocenters. The van der Waals surface area contributed by atoms with Gasteiger partial charge < -0.3 is 10.1 Å². The number of anilines is 1. The highest BCUT2D eigenvalue weighted by molar-refractivity contribution is 7.16. The molecular weight excluding hydrogens is 286 g/mol. The molecule has 0 unspecified atom stereocenters. The smallest absolute Gasteiger partial charge is 0.341 e. The first-order chi connectivity index (χ1) is 9.76. The average molecular weight is 311 g/mol. The number of nitrogens with one attached hydrogen (secondary N) is 1. The van der Waals surface area contributed by atoms with E-state index in [1.807, 2.05) is 41.5 Å². The summed E-state index contributed by atoms with van der Waals surface area (Å²) in [4.78, 5) is 25.3. The Labute approximate surface area is 130 Å². The maximum atomic E-state index is 12.3. The van der Waals surface area contributed by atoms with Crippen molar-refractivity contribution in [1.29, 1.82) is 0 Å². The first-order valence-corrected chi connectivity index (χ1v) is 8.20. The van der Waals surface area contributed by atoms with E-state index in [0.717, 1.165) is 16.9 Å². The minimum Gasteiger partial charge on any atom is -0.459 e. The molecule has 4 nitrogen and oxygen atoms in total. The zero-order valence-corrected chi connectivity index (χ0v) is 14.5. The van der Waals surface area contributed by atoms with Gasteiger partial charge in [0.05, 0.1) is 11.7 Å². The van der Waals surface area contributed by atoms with Gasteiger partial charge in [-0.25, -0.2) is 4.79 Å². The minimum atomic E-state index is -0.356. The number of rotatable bonds is 6. The first kappa shape index (κ1) is 17.7. The Balaban J connectivity index is 3.08. The molecule has 0 saturated heterocycles. The summed E-state index contributed by atoms with van der Waals surface area (Å²) in [6.45, 7) is 11.6. The van der Waals surface area contributed by atoms with Crippen LogP contribution in [0.1, 0.15) is 61.8 Å². The van der Waals surface area contributed by atoms with Crippen molar-refractivity contribution in [3.05, 3.63) is 16.0 Å². The third-order valence-corrected chi connectivity index (χ3v) is 4.02. The predicted octanol–water partition coefficient (Wildman–Crippen LogP) is 4.17. The fourth-order valence-electron chi connectivity index (χ4n) is 2.13. The topological polar surface area (TPSA) is 55.4 Å². The van der Waals surface area contributed by atoms with E-state index in [9.17, 15) is 9.59 Å². The Bertz CT molecular complexity index is 518. The minimum absolute atomic E-state index is 0.0625. The van der Waals surface area contributed by atoms with E-state index in [0.29, 0.717) is 17.0 Å². The van der Waals surface area contributed by atoms with Crippen molar-refractivity contribution in [1.82, 2.24) is 0 Å². The van der Waals surface area contributed by atoms with Crippen molar-refractivity contribution in [3.8, 4) is 0 Å². The van der Waals surface area contributed by atoms with E-state index >= 15 is 0 Å². The molecule has 0 aliphatic rings. The lowest BCUT2D eigenvalue weighted by molar-refractivity contribution is -0.116. The van der Waals surface area contributed by atoms with Gasteiger partial charge in [0, 0.05) is 11.3 Å². The van der Waals surface area contributed by atoms with Gasteiger partial charge in [-0.3, -0.25) is 4.79 Å². The molecule has 1 aromatic heterocycles. The molecular formula is C16H25NO3S. The maximum Gasteiger partial charge on any atom is 0.341 e. The molecule has 21 heavy (non-hydrogen) atoms. The second-order valence-electron chi connectivity index (χ2n) is 5.79. The van der Waals surface area contributed by atoms with Crippen molar-refractivity contribution >= 4 is 28.2 Å². The molecule has 0 radical (unpaired) electrons. The van der Waals surface area contributed by atoms with Crippen LogP contribution >= 0.6 is 11.3 Å². The fourth-order valence-corrected chi connectivity index (χ4v) is 3.28. The molecule has 5 heteroatoms. The summed E-state index contributed by atoms with van der Waals surface area (Å²) in [6.07, 6.45) is 1.00. The summed E-state index contributed by atoms with van der Waals surface area (Å²) < 4.78 is 5.31. The fraction of sp³-hybridized carbons (Fsp3) is 0.625. The molecule has 0 aromatic carbocycles. The normalized spacial score (nSPS) is 11.0. The van der Waals surface area contributed by atoms with Gasteiger partial charge in [-0.2, -0.15) is 0 Å². The zero-order valence-electron chi connectivity index (χ0n) is 13.7. The molecule has 118 valence electrons. The van der Waals surface area contributed by atoms with Crippen LogP contribution in [0.25, 0.3) is 0 Å². The summed E-state index contributed by atoms with van der Waals surface area (Å²) in [6, 6.07) is 0. The molecule has 0 spiro atoms. The number of amides is 1. The average Bonchev–Trinajstić information content (AvgIpc) is 2.62. The molecule has 1 heterocycles. The lowest BCUT2D eigenvalue weighted by atomic mass is 10.1. The number of aryl methyl sites for hydroxylation is 1. The molecule has 0 aliphatic heterocycles. The van der Waals surface area contributed by atoms with E-state index in [-0.39, 0.29) is 23.9 Å². The Morgan fingerprint density at radius 1 is 1.24 bits per heavy atom. The molecule has 1 N–H and O–H groups in total. The monoisotopic (exact) mass is 311 g/mol. The number of esters is 1. The summed E-state index contributed by atoms with van der Waals surface area (Å²) in [7, 11) is 0. The Morgan fingerprint density at radius 3 is 2.33 bits per heavy atom. The molecule has 0 bridgehead atoms. The predicted molar refractivity (Wildman–Crippen MR) is 87.1 cm³/mol. The highest BCUT2D eigenvalue weighted by atomic mass is 32.1. The van der Waals surface area contributed by atoms with Gasteiger partial charge in [-0.15, -0.1) is 11.3 Å². The number of thiophene rings is 1. The van der Waals surface area contributed by atoms with E-state index in [1.54, 1.807) is 0 Å². The molecule has 0 saturated carbocycles. The van der Waals surface area contributed by atoms with Crippen molar-refractivity contribution in [3.63, 3.8) is 0 Å². The zero-order chi connectivity index (χ0) is 16.2. The molecule has 0 fully saturated rings. The van der Waals surface area contributed by atoms with E-state index < -0.39 is 0 Å². The lowest BCUT2D eigenvalue weighted by Crippen LogP contribution is -2.18. The van der Waals surface area contributed by atoms with Crippen LogP contribution in [0.5, 0.6) is 0 Å². The van der Waals surface area contributed by atoms with Crippen molar-refractivity contribution in [2.24, 2.45) is 5.92 Å². The largest absolute Gasteiger partial charge is 0.459 e. The van der Waals surface area contributed by atoms with Crippen LogP contribution in [0.2, 0.25) is 0 Å². The van der Waals surface area contributed by atoms with Crippen LogP contribution in [0.3, 0.4) is 0 Å². The molecule has 1 aromatic rings. The molecule has 1 rings (SSSR count). The Morgan fingerprint density at radius 2 is 1.86 bits per heavy atom. The van der Waals surface area contributed by atoms with Gasteiger partial charge >= 0.3 is 5.97 Å². The second kappa shape index (κ2) is 7.59. The van der Waals surface area contributed by atoms with Crippen LogP contribution in [0.4, 0.5) is 5.00 Å². The molecule has 0 aliphatic carbocycles. The Kier molecular flexibility index (Phi) is 6.40. The highest BCUT2D eigenvalue weighted by Gasteiger charge is 2.24. The number of ether oxygens (including phenoxy) is 1. The second-order valence-corrected chi connectivity index (χ2v) is 7.02. The number of carbonyl (C=O) groups is 2. The SMILES string of the molecule is CCc1c(C)sc(NC(=O)CC(C)C)c1C(=O)OC(C)C. The summed E-state index contributed by atoms with van der Waals surface area (Å²) in [5.41, 5.74) is 1.48. The van der Waals surface area contributed by atoms with Crippen molar-refractivity contribution < 1.29 is 14.3 Å². The summed E-state index contributed by atoms with van der Waals surface area (Å²) in [5.74, 6) is -0.138. The van der Waals surface area contributed by atoms with Crippen LogP contribution in [0, 0.1) is 12.8 Å². The number of hydrogen-bond donors (Lipinski definition) is 1. The van der Waals surface area contributed by atoms with E-state index in [4.69, 9.17) is 4.74 Å². The third-order valence-electron chi connectivity index (χ3n) is 2.96. The highest BCUT2D eigenvalue weighted by Crippen LogP contribution is 2.34. The van der Waals surface area contributed by atoms with Crippen LogP contribution in [-0.2, 0) is 16.0 Å². The van der Waals surface area contributed by atoms with Crippen LogP contribution in [-0.4, -0.2) is 18.0 Å². The summed E-state index contributed by atoms with van der Waals surface area (Å²) >= 11 is 1.44. The summed E-state index contributed by atoms with van der Waals surface area (Å²) in [5, 5.41) is 3.48. The maximum absolute atomic E-state index is 12.3. The van der Waals surface area contributed by atoms with Crippen molar-refractivity contribution in [2.75, 3.05) is 5.32 Å². The molecule has 1 amide bonds. The van der Waals surface area contributed by atoms with Crippen LogP contribution in [0.15, 0.2) is 0 Å². The first-order valence-electron chi connectivity index (χ1n) is 7.39. The quantitative estimate of drug-likeness (QED) is 0.802. The van der Waals surface area contributed by atoms with Gasteiger partial charge in [-0.1, -0.05) is 20.8 Å². The third kappa shape index (κ3) is 4.84. The van der Waals surface area contributed by atoms with Crippen molar-refractivity contribution in [2.45, 2.75) is 60.5 Å². The van der Waals surface area contributed by atoms with E-state index in [1.165, 1.54) is 11.3 Å². The van der Waals surface area contributed by atoms with Gasteiger partial charge in [0.2, 0.25) is 5.91 Å². The lowest BCUT2D eigenvalue weighted by Gasteiger charge is -2.11. The van der Waals surface area contributed by atoms with E-state index in [2.05, 4.69) is 5.32 Å². The van der Waals surface area contributed by atoms with Gasteiger partial charge in [0.1, 0.15) is 5.00 Å². The Hall–Kier alpha value is -1.36. The van der Waals surface area contributed by atoms with Gasteiger partial charge in [0.25, 0.3) is 0 Å². The van der Waals surface area contributed by atoms with Gasteiger partial charge in [-0.05, 0) is 38.7 Å². The standard InChI is InChI=1S/C16H25NO3S/c1-7-12-11(6)21-15(17-13(18)8-9(2)3)14(12)16(19)20-10(4)5/h9-10H,7-8H2,1-6H3,(H,17,18). The number of carbonyl (C=O) groups excluding carboxylic acids is 2. The van der Waals surface area contributed by atoms with Gasteiger partial charge in [0.15, 0.2) is 0 Å².